The highest BCUT2D eigenvalue weighted by atomic mass is 16.5. The number of carbonyl (C=O) groups excluding carboxylic acids is 2. The molecule has 0 fully saturated rings. The zero-order chi connectivity index (χ0) is 22.7. The molecule has 1 atom stereocenters. The molecule has 0 bridgehead atoms. The number of benzene rings is 1. The van der Waals surface area contributed by atoms with E-state index in [9.17, 15) is 9.59 Å². The lowest BCUT2D eigenvalue weighted by atomic mass is 10.0. The van der Waals surface area contributed by atoms with E-state index >= 15 is 0 Å². The molecule has 2 aromatic heterocycles. The Kier molecular flexibility index (Phi) is 6.58. The summed E-state index contributed by atoms with van der Waals surface area (Å²) in [5, 5.41) is 4.25. The summed E-state index contributed by atoms with van der Waals surface area (Å²) in [7, 11) is 1.63. The van der Waals surface area contributed by atoms with Crippen molar-refractivity contribution in [2.45, 2.75) is 46.6 Å². The van der Waals surface area contributed by atoms with Crippen LogP contribution in [-0.4, -0.2) is 45.0 Å². The maximum atomic E-state index is 13.1. The van der Waals surface area contributed by atoms with Gasteiger partial charge in [0.15, 0.2) is 5.65 Å². The second-order valence-corrected chi connectivity index (χ2v) is 7.55. The molecule has 2 heterocycles. The number of hydrogen-bond acceptors (Lipinski definition) is 5. The molecule has 8 nitrogen and oxygen atoms in total. The van der Waals surface area contributed by atoms with Gasteiger partial charge in [0.25, 0.3) is 5.91 Å². The molecule has 164 valence electrons. The number of rotatable bonds is 8. The van der Waals surface area contributed by atoms with Crippen LogP contribution >= 0.6 is 0 Å². The van der Waals surface area contributed by atoms with Crippen LogP contribution in [0.1, 0.15) is 59.2 Å². The van der Waals surface area contributed by atoms with Crippen molar-refractivity contribution < 1.29 is 14.3 Å². The average molecular weight is 424 g/mol. The van der Waals surface area contributed by atoms with Crippen LogP contribution in [0.3, 0.4) is 0 Å². The number of primary amides is 1. The van der Waals surface area contributed by atoms with Crippen LogP contribution in [0.5, 0.6) is 5.75 Å². The third-order valence-corrected chi connectivity index (χ3v) is 5.77. The van der Waals surface area contributed by atoms with Crippen molar-refractivity contribution in [1.29, 1.82) is 0 Å². The lowest BCUT2D eigenvalue weighted by Gasteiger charge is -2.29. The molecule has 0 spiro atoms. The quantitative estimate of drug-likeness (QED) is 0.600. The van der Waals surface area contributed by atoms with Gasteiger partial charge in [-0.2, -0.15) is 5.10 Å². The second-order valence-electron chi connectivity index (χ2n) is 7.55. The molecule has 0 aliphatic rings. The van der Waals surface area contributed by atoms with E-state index in [2.05, 4.69) is 10.1 Å². The number of ether oxygens (including phenoxy) is 1. The van der Waals surface area contributed by atoms with Gasteiger partial charge in [0.2, 0.25) is 5.91 Å². The SMILES string of the molecule is CCN(C(=O)CCc1c(C)nc2c(C(N)=O)cnn2c1C)C(C)c1cccc(OC)c1. The molecule has 2 amide bonds. The van der Waals surface area contributed by atoms with Gasteiger partial charge in [0, 0.05) is 24.4 Å². The van der Waals surface area contributed by atoms with E-state index in [0.29, 0.717) is 25.0 Å². The van der Waals surface area contributed by atoms with Crippen molar-refractivity contribution in [2.75, 3.05) is 13.7 Å². The summed E-state index contributed by atoms with van der Waals surface area (Å²) >= 11 is 0. The van der Waals surface area contributed by atoms with Crippen molar-refractivity contribution >= 4 is 17.5 Å². The highest BCUT2D eigenvalue weighted by Crippen LogP contribution is 2.25. The van der Waals surface area contributed by atoms with E-state index < -0.39 is 5.91 Å². The van der Waals surface area contributed by atoms with E-state index in [1.807, 2.05) is 56.9 Å². The first-order valence-electron chi connectivity index (χ1n) is 10.4. The number of carbonyl (C=O) groups is 2. The Morgan fingerprint density at radius 2 is 2.03 bits per heavy atom. The zero-order valence-electron chi connectivity index (χ0n) is 18.7. The van der Waals surface area contributed by atoms with E-state index in [1.54, 1.807) is 11.6 Å². The number of amides is 2. The number of nitrogens with zero attached hydrogens (tertiary/aromatic N) is 4. The number of fused-ring (bicyclic) bond motifs is 1. The smallest absolute Gasteiger partial charge is 0.254 e. The van der Waals surface area contributed by atoms with Crippen molar-refractivity contribution in [3.8, 4) is 5.75 Å². The van der Waals surface area contributed by atoms with Gasteiger partial charge in [-0.05, 0) is 57.4 Å². The molecule has 0 radical (unpaired) electrons. The van der Waals surface area contributed by atoms with Crippen molar-refractivity contribution in [2.24, 2.45) is 5.73 Å². The Balaban J connectivity index is 1.80. The maximum Gasteiger partial charge on any atom is 0.254 e. The van der Waals surface area contributed by atoms with Gasteiger partial charge in [-0.3, -0.25) is 9.59 Å². The minimum Gasteiger partial charge on any atom is -0.497 e. The third kappa shape index (κ3) is 4.38. The van der Waals surface area contributed by atoms with Crippen LogP contribution in [-0.2, 0) is 11.2 Å². The highest BCUT2D eigenvalue weighted by Gasteiger charge is 2.22. The van der Waals surface area contributed by atoms with E-state index in [-0.39, 0.29) is 17.5 Å². The van der Waals surface area contributed by atoms with Gasteiger partial charge >= 0.3 is 0 Å². The van der Waals surface area contributed by atoms with Gasteiger partial charge in [-0.25, -0.2) is 9.50 Å². The molecule has 0 saturated heterocycles. The minimum atomic E-state index is -0.561. The predicted octanol–water partition coefficient (Wildman–Crippen LogP) is 3.00. The highest BCUT2D eigenvalue weighted by molar-refractivity contribution is 5.98. The first-order valence-corrected chi connectivity index (χ1v) is 10.4. The summed E-state index contributed by atoms with van der Waals surface area (Å²) < 4.78 is 6.93. The molecule has 31 heavy (non-hydrogen) atoms. The van der Waals surface area contributed by atoms with Crippen molar-refractivity contribution in [3.63, 3.8) is 0 Å². The Labute approximate surface area is 182 Å². The zero-order valence-corrected chi connectivity index (χ0v) is 18.7. The van der Waals surface area contributed by atoms with Crippen LogP contribution in [0.4, 0.5) is 0 Å². The number of methoxy groups -OCH3 is 1. The van der Waals surface area contributed by atoms with E-state index in [1.165, 1.54) is 6.20 Å². The Hall–Kier alpha value is -3.42. The molecule has 1 unspecified atom stereocenters. The number of nitrogens with two attached hydrogens (primary N) is 1. The van der Waals surface area contributed by atoms with Crippen LogP contribution < -0.4 is 10.5 Å². The lowest BCUT2D eigenvalue weighted by molar-refractivity contribution is -0.133. The predicted molar refractivity (Wildman–Crippen MR) is 118 cm³/mol. The number of aryl methyl sites for hydroxylation is 2. The molecular formula is C23H29N5O3. The van der Waals surface area contributed by atoms with Crippen LogP contribution in [0, 0.1) is 13.8 Å². The van der Waals surface area contributed by atoms with Crippen LogP contribution in [0.25, 0.3) is 5.65 Å². The van der Waals surface area contributed by atoms with Gasteiger partial charge < -0.3 is 15.4 Å². The fourth-order valence-electron chi connectivity index (χ4n) is 3.97. The van der Waals surface area contributed by atoms with Crippen LogP contribution in [0.15, 0.2) is 30.5 Å². The third-order valence-electron chi connectivity index (χ3n) is 5.77. The summed E-state index contributed by atoms with van der Waals surface area (Å²) in [5.74, 6) is 0.275. The molecule has 1 aromatic carbocycles. The van der Waals surface area contributed by atoms with Crippen molar-refractivity contribution in [1.82, 2.24) is 19.5 Å². The first kappa shape index (κ1) is 22.3. The normalized spacial score (nSPS) is 12.0. The standard InChI is InChI=1S/C23H29N5O3/c1-6-27(15(3)17-8-7-9-18(12-17)31-5)21(29)11-10-19-14(2)26-23-20(22(24)30)13-25-28(23)16(19)4/h7-9,12-13,15H,6,10-11H2,1-5H3,(H2,24,30). The molecule has 3 rings (SSSR count). The van der Waals surface area contributed by atoms with Gasteiger partial charge in [0.1, 0.15) is 11.3 Å². The summed E-state index contributed by atoms with van der Waals surface area (Å²) in [6.07, 6.45) is 2.31. The van der Waals surface area contributed by atoms with Crippen LogP contribution in [0.2, 0.25) is 0 Å². The summed E-state index contributed by atoms with van der Waals surface area (Å²) in [6.45, 7) is 8.40. The minimum absolute atomic E-state index is 0.0648. The van der Waals surface area contributed by atoms with Crippen molar-refractivity contribution in [3.05, 3.63) is 58.5 Å². The number of hydrogen-bond donors (Lipinski definition) is 1. The first-order chi connectivity index (χ1) is 14.8. The van der Waals surface area contributed by atoms with E-state index in [4.69, 9.17) is 10.5 Å². The molecule has 3 aromatic rings. The lowest BCUT2D eigenvalue weighted by Crippen LogP contribution is -2.33. The number of aromatic nitrogens is 3. The molecule has 0 saturated carbocycles. The average Bonchev–Trinajstić information content (AvgIpc) is 3.18. The molecule has 0 aliphatic carbocycles. The van der Waals surface area contributed by atoms with Gasteiger partial charge in [-0.15, -0.1) is 0 Å². The largest absolute Gasteiger partial charge is 0.497 e. The second kappa shape index (κ2) is 9.16. The summed E-state index contributed by atoms with van der Waals surface area (Å²) in [6, 6.07) is 7.72. The van der Waals surface area contributed by atoms with E-state index in [0.717, 1.165) is 28.3 Å². The molecule has 0 aliphatic heterocycles. The topological polar surface area (TPSA) is 103 Å². The molecule has 2 N–H and O–H groups in total. The summed E-state index contributed by atoms with van der Waals surface area (Å²) in [4.78, 5) is 31.1. The Morgan fingerprint density at radius 1 is 1.29 bits per heavy atom. The summed E-state index contributed by atoms with van der Waals surface area (Å²) in [5.41, 5.74) is 9.75. The Morgan fingerprint density at radius 3 is 2.68 bits per heavy atom. The fourth-order valence-corrected chi connectivity index (χ4v) is 3.97. The molecular weight excluding hydrogens is 394 g/mol. The fraction of sp³-hybridized carbons (Fsp3) is 0.391. The maximum absolute atomic E-state index is 13.1. The monoisotopic (exact) mass is 423 g/mol. The molecule has 8 heteroatoms. The Bertz CT molecular complexity index is 1120. The van der Waals surface area contributed by atoms with Gasteiger partial charge in [0.05, 0.1) is 19.3 Å². The van der Waals surface area contributed by atoms with Gasteiger partial charge in [-0.1, -0.05) is 12.1 Å².